The summed E-state index contributed by atoms with van der Waals surface area (Å²) in [4.78, 5) is 4.30. The maximum absolute atomic E-state index is 5.65. The van der Waals surface area contributed by atoms with Crippen molar-refractivity contribution in [1.29, 1.82) is 0 Å². The van der Waals surface area contributed by atoms with Gasteiger partial charge in [0, 0.05) is 36.0 Å². The minimum Gasteiger partial charge on any atom is -0.334 e. The maximum atomic E-state index is 5.65. The lowest BCUT2D eigenvalue weighted by Gasteiger charge is -2.06. The van der Waals surface area contributed by atoms with Crippen molar-refractivity contribution in [1.82, 2.24) is 9.55 Å². The molecule has 0 bridgehead atoms. The van der Waals surface area contributed by atoms with Crippen LogP contribution in [0.2, 0.25) is 0 Å². The molecule has 0 aliphatic carbocycles. The lowest BCUT2D eigenvalue weighted by Crippen LogP contribution is -1.99. The average molecular weight is 266 g/mol. The molecule has 2 N–H and O–H groups in total. The Kier molecular flexibility index (Phi) is 2.88. The molecule has 3 nitrogen and oxygen atoms in total. The number of halogens is 1. The van der Waals surface area contributed by atoms with Gasteiger partial charge >= 0.3 is 0 Å². The van der Waals surface area contributed by atoms with Gasteiger partial charge in [0.2, 0.25) is 0 Å². The van der Waals surface area contributed by atoms with Gasteiger partial charge in [0.15, 0.2) is 0 Å². The highest BCUT2D eigenvalue weighted by atomic mass is 79.9. The fraction of sp³-hybridized carbons (Fsp3) is 0.182. The predicted octanol–water partition coefficient (Wildman–Crippen LogP) is 2.31. The number of nitrogens with two attached hydrogens (primary N) is 1. The normalized spacial score (nSPS) is 10.6. The number of hydrogen-bond donors (Lipinski definition) is 1. The van der Waals surface area contributed by atoms with E-state index in [9.17, 15) is 0 Å². The molecule has 78 valence electrons. The molecule has 0 spiro atoms. The number of aromatic nitrogens is 2. The van der Waals surface area contributed by atoms with E-state index in [1.807, 2.05) is 29.9 Å². The topological polar surface area (TPSA) is 43.8 Å². The Hall–Kier alpha value is -1.13. The molecule has 0 aliphatic rings. The Morgan fingerprint density at radius 3 is 2.87 bits per heavy atom. The molecule has 2 aromatic rings. The second kappa shape index (κ2) is 4.16. The zero-order valence-electron chi connectivity index (χ0n) is 8.44. The molecule has 0 saturated carbocycles. The van der Waals surface area contributed by atoms with Crippen LogP contribution >= 0.6 is 15.9 Å². The fourth-order valence-corrected chi connectivity index (χ4v) is 1.92. The SMILES string of the molecule is Cn1ccnc1-c1ccc(Br)c(CN)c1. The minimum atomic E-state index is 0.527. The highest BCUT2D eigenvalue weighted by molar-refractivity contribution is 9.10. The van der Waals surface area contributed by atoms with Gasteiger partial charge in [-0.25, -0.2) is 4.98 Å². The number of nitrogens with zero attached hydrogens (tertiary/aromatic N) is 2. The lowest BCUT2D eigenvalue weighted by atomic mass is 10.1. The molecule has 0 unspecified atom stereocenters. The lowest BCUT2D eigenvalue weighted by molar-refractivity contribution is 0.923. The third kappa shape index (κ3) is 1.96. The molecule has 2 rings (SSSR count). The molecule has 1 aromatic carbocycles. The van der Waals surface area contributed by atoms with Gasteiger partial charge in [-0.3, -0.25) is 0 Å². The van der Waals surface area contributed by atoms with Crippen molar-refractivity contribution in [2.75, 3.05) is 0 Å². The van der Waals surface area contributed by atoms with E-state index in [2.05, 4.69) is 27.0 Å². The van der Waals surface area contributed by atoms with E-state index in [0.29, 0.717) is 6.54 Å². The minimum absolute atomic E-state index is 0.527. The number of aryl methyl sites for hydroxylation is 1. The predicted molar refractivity (Wildman–Crippen MR) is 64.2 cm³/mol. The highest BCUT2D eigenvalue weighted by Crippen LogP contribution is 2.23. The number of benzene rings is 1. The van der Waals surface area contributed by atoms with Crippen molar-refractivity contribution in [3.05, 3.63) is 40.6 Å². The molecule has 0 fully saturated rings. The van der Waals surface area contributed by atoms with Crippen LogP contribution in [0.25, 0.3) is 11.4 Å². The van der Waals surface area contributed by atoms with Crippen molar-refractivity contribution in [2.24, 2.45) is 12.8 Å². The van der Waals surface area contributed by atoms with Crippen LogP contribution in [0, 0.1) is 0 Å². The Morgan fingerprint density at radius 1 is 1.47 bits per heavy atom. The highest BCUT2D eigenvalue weighted by Gasteiger charge is 2.05. The number of rotatable bonds is 2. The molecule has 0 radical (unpaired) electrons. The third-order valence-corrected chi connectivity index (χ3v) is 3.12. The van der Waals surface area contributed by atoms with Crippen LogP contribution in [0.15, 0.2) is 35.1 Å². The van der Waals surface area contributed by atoms with Gasteiger partial charge < -0.3 is 10.3 Å². The summed E-state index contributed by atoms with van der Waals surface area (Å²) >= 11 is 3.47. The summed E-state index contributed by atoms with van der Waals surface area (Å²) in [6.45, 7) is 0.527. The Bertz CT molecular complexity index is 476. The molecular formula is C11H12BrN3. The summed E-state index contributed by atoms with van der Waals surface area (Å²) in [5.74, 6) is 0.956. The molecule has 15 heavy (non-hydrogen) atoms. The largest absolute Gasteiger partial charge is 0.334 e. The van der Waals surface area contributed by atoms with Crippen LogP contribution < -0.4 is 5.73 Å². The van der Waals surface area contributed by atoms with Crippen molar-refractivity contribution >= 4 is 15.9 Å². The van der Waals surface area contributed by atoms with Gasteiger partial charge in [-0.2, -0.15) is 0 Å². The van der Waals surface area contributed by atoms with Crippen LogP contribution in [-0.2, 0) is 13.6 Å². The van der Waals surface area contributed by atoms with Crippen LogP contribution in [0.3, 0.4) is 0 Å². The van der Waals surface area contributed by atoms with E-state index in [1.54, 1.807) is 6.20 Å². The van der Waals surface area contributed by atoms with E-state index in [4.69, 9.17) is 5.73 Å². The van der Waals surface area contributed by atoms with E-state index in [0.717, 1.165) is 21.4 Å². The summed E-state index contributed by atoms with van der Waals surface area (Å²) in [5.41, 5.74) is 7.84. The van der Waals surface area contributed by atoms with Crippen LogP contribution in [0.5, 0.6) is 0 Å². The second-order valence-corrected chi connectivity index (χ2v) is 4.23. The zero-order valence-corrected chi connectivity index (χ0v) is 10.0. The van der Waals surface area contributed by atoms with Crippen LogP contribution in [-0.4, -0.2) is 9.55 Å². The summed E-state index contributed by atoms with van der Waals surface area (Å²) in [6.07, 6.45) is 3.72. The van der Waals surface area contributed by atoms with Gasteiger partial charge in [-0.1, -0.05) is 22.0 Å². The molecule has 0 atom stereocenters. The molecular weight excluding hydrogens is 254 g/mol. The quantitative estimate of drug-likeness (QED) is 0.906. The van der Waals surface area contributed by atoms with Crippen molar-refractivity contribution in [3.8, 4) is 11.4 Å². The molecule has 0 aliphatic heterocycles. The first-order valence-corrected chi connectivity index (χ1v) is 5.48. The summed E-state index contributed by atoms with van der Waals surface area (Å²) < 4.78 is 3.03. The van der Waals surface area contributed by atoms with Gasteiger partial charge in [-0.05, 0) is 17.7 Å². The van der Waals surface area contributed by atoms with E-state index in [1.165, 1.54) is 0 Å². The fourth-order valence-electron chi connectivity index (χ4n) is 1.51. The first-order valence-electron chi connectivity index (χ1n) is 4.68. The van der Waals surface area contributed by atoms with Crippen molar-refractivity contribution < 1.29 is 0 Å². The first kappa shape index (κ1) is 10.4. The smallest absolute Gasteiger partial charge is 0.139 e. The van der Waals surface area contributed by atoms with Crippen LogP contribution in [0.1, 0.15) is 5.56 Å². The molecule has 0 saturated heterocycles. The number of hydrogen-bond acceptors (Lipinski definition) is 2. The Morgan fingerprint density at radius 2 is 2.27 bits per heavy atom. The van der Waals surface area contributed by atoms with Crippen molar-refractivity contribution in [2.45, 2.75) is 6.54 Å². The van der Waals surface area contributed by atoms with Crippen LogP contribution in [0.4, 0.5) is 0 Å². The van der Waals surface area contributed by atoms with Gasteiger partial charge in [-0.15, -0.1) is 0 Å². The Balaban J connectivity index is 2.51. The molecule has 4 heteroatoms. The van der Waals surface area contributed by atoms with Gasteiger partial charge in [0.1, 0.15) is 5.82 Å². The first-order chi connectivity index (χ1) is 7.22. The van der Waals surface area contributed by atoms with E-state index in [-0.39, 0.29) is 0 Å². The average Bonchev–Trinajstić information content (AvgIpc) is 2.65. The van der Waals surface area contributed by atoms with E-state index < -0.39 is 0 Å². The zero-order chi connectivity index (χ0) is 10.8. The van der Waals surface area contributed by atoms with Crippen molar-refractivity contribution in [3.63, 3.8) is 0 Å². The summed E-state index contributed by atoms with van der Waals surface area (Å²) in [6, 6.07) is 6.10. The second-order valence-electron chi connectivity index (χ2n) is 3.37. The molecule has 0 amide bonds. The monoisotopic (exact) mass is 265 g/mol. The van der Waals surface area contributed by atoms with Gasteiger partial charge in [0.25, 0.3) is 0 Å². The summed E-state index contributed by atoms with van der Waals surface area (Å²) in [7, 11) is 1.98. The third-order valence-electron chi connectivity index (χ3n) is 2.35. The molecule has 1 heterocycles. The summed E-state index contributed by atoms with van der Waals surface area (Å²) in [5, 5.41) is 0. The van der Waals surface area contributed by atoms with E-state index >= 15 is 0 Å². The maximum Gasteiger partial charge on any atom is 0.139 e. The van der Waals surface area contributed by atoms with Gasteiger partial charge in [0.05, 0.1) is 0 Å². The Labute approximate surface area is 97.1 Å². The number of imidazole rings is 1. The molecule has 1 aromatic heterocycles. The standard InChI is InChI=1S/C11H12BrN3/c1-15-5-4-14-11(15)8-2-3-10(12)9(6-8)7-13/h2-6H,7,13H2,1H3.